The zero-order valence-electron chi connectivity index (χ0n) is 19.7. The minimum atomic E-state index is -1.12. The van der Waals surface area contributed by atoms with E-state index < -0.39 is 11.8 Å². The van der Waals surface area contributed by atoms with E-state index in [0.29, 0.717) is 18.2 Å². The fourth-order valence-electron chi connectivity index (χ4n) is 5.89. The number of hydrogen-bond acceptors (Lipinski definition) is 5. The summed E-state index contributed by atoms with van der Waals surface area (Å²) in [5.41, 5.74) is 4.65. The number of fused-ring (bicyclic) bond motifs is 2. The lowest BCUT2D eigenvalue weighted by atomic mass is 9.97. The summed E-state index contributed by atoms with van der Waals surface area (Å²) in [5, 5.41) is 13.6. The number of ether oxygens (including phenoxy) is 1. The molecule has 3 heterocycles. The van der Waals surface area contributed by atoms with Crippen LogP contribution in [-0.4, -0.2) is 34.4 Å². The van der Waals surface area contributed by atoms with Crippen molar-refractivity contribution in [3.8, 4) is 11.3 Å². The van der Waals surface area contributed by atoms with Crippen molar-refractivity contribution >= 4 is 11.7 Å². The number of benzene rings is 2. The topological polar surface area (TPSA) is 75.8 Å². The van der Waals surface area contributed by atoms with Gasteiger partial charge in [0.05, 0.1) is 24.0 Å². The molecule has 1 saturated carbocycles. The Kier molecular flexibility index (Phi) is 5.60. The van der Waals surface area contributed by atoms with Gasteiger partial charge in [0.25, 0.3) is 0 Å². The Hall–Kier alpha value is -3.19. The SMILES string of the molecule is Cc1ccccc1-c1noc(C2CC2)c1COC1CC2CC[C@@H](C1)N2c1ccc(C(=O)O)cc1F. The number of hydrogen-bond donors (Lipinski definition) is 1. The number of carbonyl (C=O) groups is 1. The van der Waals surface area contributed by atoms with Crippen LogP contribution in [0.5, 0.6) is 0 Å². The maximum absolute atomic E-state index is 14.8. The Balaban J connectivity index is 1.19. The van der Waals surface area contributed by atoms with Gasteiger partial charge in [0.1, 0.15) is 17.3 Å². The number of aryl methyl sites for hydroxylation is 1. The molecule has 3 atom stereocenters. The van der Waals surface area contributed by atoms with Gasteiger partial charge < -0.3 is 19.3 Å². The molecule has 0 amide bonds. The van der Waals surface area contributed by atoms with E-state index in [1.165, 1.54) is 6.07 Å². The highest BCUT2D eigenvalue weighted by atomic mass is 19.1. The Morgan fingerprint density at radius 3 is 2.54 bits per heavy atom. The number of aromatic nitrogens is 1. The summed E-state index contributed by atoms with van der Waals surface area (Å²) in [5.74, 6) is -0.185. The lowest BCUT2D eigenvalue weighted by Crippen LogP contribution is -2.46. The van der Waals surface area contributed by atoms with Crippen LogP contribution in [0.4, 0.5) is 10.1 Å². The fourth-order valence-corrected chi connectivity index (χ4v) is 5.89. The molecule has 182 valence electrons. The normalized spacial score (nSPS) is 23.6. The van der Waals surface area contributed by atoms with Gasteiger partial charge in [0.2, 0.25) is 0 Å². The molecule has 3 aromatic rings. The number of aromatic carboxylic acids is 1. The van der Waals surface area contributed by atoms with E-state index in [9.17, 15) is 9.18 Å². The standard InChI is InChI=1S/C28H29FN2O4/c1-16-4-2-3-5-22(16)26-23(27(35-30-26)17-6-7-17)15-34-21-13-19-9-10-20(14-21)31(19)25-11-8-18(28(32)33)12-24(25)29/h2-5,8,11-12,17,19-21H,6-7,9-10,13-15H2,1H3,(H,32,33)/t19-,20?,21?/m0/s1. The van der Waals surface area contributed by atoms with Crippen molar-refractivity contribution in [1.29, 1.82) is 0 Å². The summed E-state index contributed by atoms with van der Waals surface area (Å²) >= 11 is 0. The lowest BCUT2D eigenvalue weighted by molar-refractivity contribution is 0.0146. The van der Waals surface area contributed by atoms with Crippen molar-refractivity contribution in [1.82, 2.24) is 5.16 Å². The molecular formula is C28H29FN2O4. The molecule has 1 N–H and O–H groups in total. The van der Waals surface area contributed by atoms with Crippen LogP contribution in [0, 0.1) is 12.7 Å². The van der Waals surface area contributed by atoms with Gasteiger partial charge in [-0.1, -0.05) is 29.4 Å². The molecule has 1 aliphatic carbocycles. The first-order valence-electron chi connectivity index (χ1n) is 12.5. The molecule has 0 spiro atoms. The lowest BCUT2D eigenvalue weighted by Gasteiger charge is -2.40. The average Bonchev–Trinajstić information content (AvgIpc) is 3.55. The second-order valence-corrected chi connectivity index (χ2v) is 10.1. The van der Waals surface area contributed by atoms with Crippen LogP contribution in [0.3, 0.4) is 0 Å². The van der Waals surface area contributed by atoms with Crippen LogP contribution in [0.15, 0.2) is 47.0 Å². The van der Waals surface area contributed by atoms with E-state index in [4.69, 9.17) is 14.4 Å². The van der Waals surface area contributed by atoms with Crippen molar-refractivity contribution in [3.05, 3.63) is 70.7 Å². The quantitative estimate of drug-likeness (QED) is 0.445. The summed E-state index contributed by atoms with van der Waals surface area (Å²) in [7, 11) is 0. The summed E-state index contributed by atoms with van der Waals surface area (Å²) < 4.78 is 27.1. The molecule has 7 heteroatoms. The van der Waals surface area contributed by atoms with Crippen molar-refractivity contribution in [2.45, 2.75) is 76.2 Å². The molecule has 2 bridgehead atoms. The van der Waals surface area contributed by atoms with Crippen molar-refractivity contribution < 1.29 is 23.6 Å². The van der Waals surface area contributed by atoms with Gasteiger partial charge >= 0.3 is 5.97 Å². The van der Waals surface area contributed by atoms with E-state index in [0.717, 1.165) is 72.7 Å². The van der Waals surface area contributed by atoms with Crippen LogP contribution in [0.1, 0.15) is 71.7 Å². The van der Waals surface area contributed by atoms with Crippen LogP contribution < -0.4 is 4.90 Å². The summed E-state index contributed by atoms with van der Waals surface area (Å²) in [6, 6.07) is 12.8. The molecule has 2 aliphatic heterocycles. The predicted octanol–water partition coefficient (Wildman–Crippen LogP) is 6.08. The van der Waals surface area contributed by atoms with Gasteiger partial charge in [0, 0.05) is 29.1 Å². The Labute approximate surface area is 203 Å². The monoisotopic (exact) mass is 476 g/mol. The first kappa shape index (κ1) is 22.3. The fraction of sp³-hybridized carbons (Fsp3) is 0.429. The molecule has 35 heavy (non-hydrogen) atoms. The smallest absolute Gasteiger partial charge is 0.335 e. The second-order valence-electron chi connectivity index (χ2n) is 10.1. The van der Waals surface area contributed by atoms with Gasteiger partial charge in [-0.3, -0.25) is 0 Å². The summed E-state index contributed by atoms with van der Waals surface area (Å²) in [4.78, 5) is 13.3. The molecule has 2 saturated heterocycles. The zero-order valence-corrected chi connectivity index (χ0v) is 19.7. The first-order valence-corrected chi connectivity index (χ1v) is 12.5. The van der Waals surface area contributed by atoms with Gasteiger partial charge in [-0.25, -0.2) is 9.18 Å². The molecule has 2 aromatic carbocycles. The third-order valence-electron chi connectivity index (χ3n) is 7.79. The molecule has 0 radical (unpaired) electrons. The third kappa shape index (κ3) is 4.12. The molecular weight excluding hydrogens is 447 g/mol. The van der Waals surface area contributed by atoms with Gasteiger partial charge in [0.15, 0.2) is 0 Å². The van der Waals surface area contributed by atoms with E-state index in [1.54, 1.807) is 6.07 Å². The van der Waals surface area contributed by atoms with Crippen LogP contribution in [0.25, 0.3) is 11.3 Å². The molecule has 6 nitrogen and oxygen atoms in total. The maximum Gasteiger partial charge on any atom is 0.335 e. The second kappa shape index (κ2) is 8.79. The van der Waals surface area contributed by atoms with Gasteiger partial charge in [-0.05, 0) is 69.2 Å². The zero-order chi connectivity index (χ0) is 24.1. The van der Waals surface area contributed by atoms with E-state index in [-0.39, 0.29) is 23.8 Å². The summed E-state index contributed by atoms with van der Waals surface area (Å²) in [6.07, 6.45) is 5.95. The van der Waals surface area contributed by atoms with Crippen molar-refractivity contribution in [3.63, 3.8) is 0 Å². The number of halogens is 1. The average molecular weight is 477 g/mol. The molecule has 2 unspecified atom stereocenters. The first-order chi connectivity index (χ1) is 17.0. The number of carboxylic acids is 1. The van der Waals surface area contributed by atoms with E-state index >= 15 is 0 Å². The highest BCUT2D eigenvalue weighted by molar-refractivity contribution is 5.88. The number of rotatable bonds is 7. The predicted molar refractivity (Wildman–Crippen MR) is 129 cm³/mol. The van der Waals surface area contributed by atoms with Crippen LogP contribution in [0.2, 0.25) is 0 Å². The minimum Gasteiger partial charge on any atom is -0.478 e. The number of carboxylic acid groups (broad SMARTS) is 1. The Morgan fingerprint density at radius 2 is 1.89 bits per heavy atom. The largest absolute Gasteiger partial charge is 0.478 e. The van der Waals surface area contributed by atoms with Crippen LogP contribution in [-0.2, 0) is 11.3 Å². The Morgan fingerprint density at radius 1 is 1.14 bits per heavy atom. The molecule has 3 aliphatic rings. The molecule has 1 aromatic heterocycles. The maximum atomic E-state index is 14.8. The molecule has 6 rings (SSSR count). The highest BCUT2D eigenvalue weighted by Crippen LogP contribution is 2.45. The van der Waals surface area contributed by atoms with Crippen molar-refractivity contribution in [2.24, 2.45) is 0 Å². The molecule has 3 fully saturated rings. The third-order valence-corrected chi connectivity index (χ3v) is 7.79. The number of anilines is 1. The van der Waals surface area contributed by atoms with Crippen LogP contribution >= 0.6 is 0 Å². The highest BCUT2D eigenvalue weighted by Gasteiger charge is 2.42. The minimum absolute atomic E-state index is 0.0264. The number of nitrogens with zero attached hydrogens (tertiary/aromatic N) is 2. The van der Waals surface area contributed by atoms with Gasteiger partial charge in [-0.15, -0.1) is 0 Å². The van der Waals surface area contributed by atoms with E-state index in [1.807, 2.05) is 12.1 Å². The Bertz CT molecular complexity index is 1250. The number of piperidine rings is 1. The van der Waals surface area contributed by atoms with Gasteiger partial charge in [-0.2, -0.15) is 0 Å². The summed E-state index contributed by atoms with van der Waals surface area (Å²) in [6.45, 7) is 2.55. The van der Waals surface area contributed by atoms with Crippen molar-refractivity contribution in [2.75, 3.05) is 4.90 Å². The van der Waals surface area contributed by atoms with E-state index in [2.05, 4.69) is 29.1 Å².